The lowest BCUT2D eigenvalue weighted by Gasteiger charge is -2.33. The molecule has 8 heteroatoms. The summed E-state index contributed by atoms with van der Waals surface area (Å²) in [5.74, 6) is -1.63. The summed E-state index contributed by atoms with van der Waals surface area (Å²) in [7, 11) is 0. The summed E-state index contributed by atoms with van der Waals surface area (Å²) in [5, 5.41) is 18.9. The van der Waals surface area contributed by atoms with Crippen molar-refractivity contribution in [3.8, 4) is 0 Å². The number of aromatic nitrogens is 2. The van der Waals surface area contributed by atoms with Crippen molar-refractivity contribution in [3.05, 3.63) is 21.9 Å². The van der Waals surface area contributed by atoms with Gasteiger partial charge in [0.25, 0.3) is 5.91 Å². The van der Waals surface area contributed by atoms with Crippen LogP contribution in [-0.4, -0.2) is 32.7 Å². The molecule has 0 saturated heterocycles. The molecule has 0 atom stereocenters. The lowest BCUT2D eigenvalue weighted by atomic mass is 9.81. The number of carboxylic acids is 1. The van der Waals surface area contributed by atoms with Gasteiger partial charge in [0.2, 0.25) is 0 Å². The molecule has 1 aliphatic carbocycles. The van der Waals surface area contributed by atoms with Crippen molar-refractivity contribution in [3.63, 3.8) is 0 Å². The average Bonchev–Trinajstić information content (AvgIpc) is 2.42. The number of rotatable bonds is 3. The first-order valence-corrected chi connectivity index (χ1v) is 6.95. The van der Waals surface area contributed by atoms with Crippen molar-refractivity contribution in [1.29, 1.82) is 0 Å². The van der Waals surface area contributed by atoms with Crippen LogP contribution in [0.1, 0.15) is 42.5 Å². The molecule has 1 heterocycles. The third-order valence-electron chi connectivity index (χ3n) is 3.43. The van der Waals surface area contributed by atoms with E-state index in [1.807, 2.05) is 0 Å². The van der Waals surface area contributed by atoms with Crippen LogP contribution in [0.25, 0.3) is 0 Å². The lowest BCUT2D eigenvalue weighted by Crippen LogP contribution is -2.55. The molecule has 0 aromatic carbocycles. The molecule has 1 aromatic rings. The maximum Gasteiger partial charge on any atom is 0.329 e. The average molecular weight is 318 g/mol. The van der Waals surface area contributed by atoms with E-state index in [1.54, 1.807) is 0 Å². The Hall–Kier alpha value is -1.40. The van der Waals surface area contributed by atoms with E-state index >= 15 is 0 Å². The summed E-state index contributed by atoms with van der Waals surface area (Å²) in [6.07, 6.45) is 3.29. The zero-order valence-corrected chi connectivity index (χ0v) is 12.0. The first kappa shape index (κ1) is 15.0. The molecule has 2 rings (SSSR count). The first-order chi connectivity index (χ1) is 9.44. The predicted octanol–water partition coefficient (Wildman–Crippen LogP) is 2.30. The number of carboxylic acid groups (broad SMARTS) is 1. The Labute approximate surface area is 125 Å². The van der Waals surface area contributed by atoms with Crippen LogP contribution in [0.15, 0.2) is 6.07 Å². The quantitative estimate of drug-likeness (QED) is 0.892. The molecule has 2 N–H and O–H groups in total. The molecule has 1 fully saturated rings. The van der Waals surface area contributed by atoms with Crippen LogP contribution in [-0.2, 0) is 4.79 Å². The summed E-state index contributed by atoms with van der Waals surface area (Å²) in [6, 6.07) is 1.27. The van der Waals surface area contributed by atoms with E-state index in [4.69, 9.17) is 23.2 Å². The largest absolute Gasteiger partial charge is 0.480 e. The van der Waals surface area contributed by atoms with Gasteiger partial charge in [0.1, 0.15) is 5.54 Å². The highest BCUT2D eigenvalue weighted by molar-refractivity contribution is 6.34. The van der Waals surface area contributed by atoms with Gasteiger partial charge in [-0.2, -0.15) is 0 Å². The number of halogens is 2. The van der Waals surface area contributed by atoms with Crippen molar-refractivity contribution in [2.24, 2.45) is 0 Å². The van der Waals surface area contributed by atoms with Crippen LogP contribution in [0, 0.1) is 0 Å². The number of nitrogens with zero attached hydrogens (tertiary/aromatic N) is 2. The molecule has 1 saturated carbocycles. The molecule has 1 aromatic heterocycles. The molecule has 0 bridgehead atoms. The van der Waals surface area contributed by atoms with E-state index in [2.05, 4.69) is 15.5 Å². The number of aliphatic carboxylic acids is 1. The Bertz CT molecular complexity index is 545. The summed E-state index contributed by atoms with van der Waals surface area (Å²) in [4.78, 5) is 23.7. The number of carbonyl (C=O) groups excluding carboxylic acids is 1. The molecule has 0 radical (unpaired) electrons. The minimum atomic E-state index is -1.24. The maximum atomic E-state index is 12.2. The third kappa shape index (κ3) is 3.02. The minimum Gasteiger partial charge on any atom is -0.480 e. The standard InChI is InChI=1S/C12H13Cl2N3O3/c13-8-6-7(9(14)17-16-8)10(18)15-12(11(19)20)4-2-1-3-5-12/h6H,1-5H2,(H,15,18)(H,19,20). The van der Waals surface area contributed by atoms with Gasteiger partial charge in [0.15, 0.2) is 10.3 Å². The Balaban J connectivity index is 2.24. The van der Waals surface area contributed by atoms with Crippen molar-refractivity contribution < 1.29 is 14.7 Å². The predicted molar refractivity (Wildman–Crippen MR) is 73.0 cm³/mol. The van der Waals surface area contributed by atoms with E-state index in [9.17, 15) is 14.7 Å². The fraction of sp³-hybridized carbons (Fsp3) is 0.500. The van der Waals surface area contributed by atoms with Crippen LogP contribution in [0.2, 0.25) is 10.3 Å². The normalized spacial score (nSPS) is 17.5. The van der Waals surface area contributed by atoms with Crippen LogP contribution in [0.3, 0.4) is 0 Å². The van der Waals surface area contributed by atoms with Crippen molar-refractivity contribution in [2.45, 2.75) is 37.6 Å². The van der Waals surface area contributed by atoms with Gasteiger partial charge in [-0.1, -0.05) is 42.5 Å². The molecule has 108 valence electrons. The van der Waals surface area contributed by atoms with Crippen LogP contribution < -0.4 is 5.32 Å². The van der Waals surface area contributed by atoms with Crippen molar-refractivity contribution in [2.75, 3.05) is 0 Å². The Kier molecular flexibility index (Phi) is 4.45. The van der Waals surface area contributed by atoms with E-state index in [0.717, 1.165) is 19.3 Å². The number of nitrogens with one attached hydrogen (secondary N) is 1. The Morgan fingerprint density at radius 1 is 1.20 bits per heavy atom. The summed E-state index contributed by atoms with van der Waals surface area (Å²) < 4.78 is 0. The second-order valence-corrected chi connectivity index (χ2v) is 5.52. The second kappa shape index (κ2) is 5.93. The fourth-order valence-corrected chi connectivity index (χ4v) is 2.67. The highest BCUT2D eigenvalue weighted by atomic mass is 35.5. The van der Waals surface area contributed by atoms with E-state index in [0.29, 0.717) is 12.8 Å². The van der Waals surface area contributed by atoms with Gasteiger partial charge in [0, 0.05) is 0 Å². The smallest absolute Gasteiger partial charge is 0.329 e. The molecular formula is C12H13Cl2N3O3. The second-order valence-electron chi connectivity index (χ2n) is 4.77. The summed E-state index contributed by atoms with van der Waals surface area (Å²) in [5.41, 5.74) is -1.22. The zero-order valence-electron chi connectivity index (χ0n) is 10.5. The van der Waals surface area contributed by atoms with Crippen LogP contribution in [0.4, 0.5) is 0 Å². The van der Waals surface area contributed by atoms with Crippen molar-refractivity contribution >= 4 is 35.1 Å². The van der Waals surface area contributed by atoms with Crippen LogP contribution >= 0.6 is 23.2 Å². The Morgan fingerprint density at radius 3 is 2.45 bits per heavy atom. The molecule has 1 amide bonds. The molecule has 0 unspecified atom stereocenters. The first-order valence-electron chi connectivity index (χ1n) is 6.19. The number of amides is 1. The van der Waals surface area contributed by atoms with Crippen LogP contribution in [0.5, 0.6) is 0 Å². The zero-order chi connectivity index (χ0) is 14.8. The number of hydrogen-bond donors (Lipinski definition) is 2. The summed E-state index contributed by atoms with van der Waals surface area (Å²) >= 11 is 11.5. The van der Waals surface area contributed by atoms with Gasteiger partial charge in [-0.25, -0.2) is 4.79 Å². The van der Waals surface area contributed by atoms with Crippen molar-refractivity contribution in [1.82, 2.24) is 15.5 Å². The molecule has 0 spiro atoms. The van der Waals surface area contributed by atoms with E-state index in [1.165, 1.54) is 6.07 Å². The molecule has 1 aliphatic rings. The van der Waals surface area contributed by atoms with Gasteiger partial charge in [0.05, 0.1) is 5.56 Å². The van der Waals surface area contributed by atoms with Gasteiger partial charge in [-0.3, -0.25) is 4.79 Å². The lowest BCUT2D eigenvalue weighted by molar-refractivity contribution is -0.145. The van der Waals surface area contributed by atoms with Gasteiger partial charge in [-0.05, 0) is 18.9 Å². The van der Waals surface area contributed by atoms with Gasteiger partial charge in [-0.15, -0.1) is 10.2 Å². The van der Waals surface area contributed by atoms with Gasteiger partial charge >= 0.3 is 5.97 Å². The topological polar surface area (TPSA) is 92.2 Å². The Morgan fingerprint density at radius 2 is 1.85 bits per heavy atom. The monoisotopic (exact) mass is 317 g/mol. The number of hydrogen-bond acceptors (Lipinski definition) is 4. The summed E-state index contributed by atoms with van der Waals surface area (Å²) in [6.45, 7) is 0. The van der Waals surface area contributed by atoms with E-state index < -0.39 is 17.4 Å². The third-order valence-corrected chi connectivity index (χ3v) is 3.90. The van der Waals surface area contributed by atoms with E-state index in [-0.39, 0.29) is 15.9 Å². The molecule has 6 nitrogen and oxygen atoms in total. The SMILES string of the molecule is O=C(NC1(C(=O)O)CCCCC1)c1cc(Cl)nnc1Cl. The fourth-order valence-electron chi connectivity index (χ4n) is 2.34. The molecule has 20 heavy (non-hydrogen) atoms. The minimum absolute atomic E-state index is 0.0209. The molecule has 0 aliphatic heterocycles. The maximum absolute atomic E-state index is 12.2. The highest BCUT2D eigenvalue weighted by Crippen LogP contribution is 2.29. The highest BCUT2D eigenvalue weighted by Gasteiger charge is 2.41. The molecular weight excluding hydrogens is 305 g/mol. The number of carbonyl (C=O) groups is 2. The van der Waals surface area contributed by atoms with Gasteiger partial charge < -0.3 is 10.4 Å².